The number of alkyl halides is 1. The molecular formula is C8H14BrNO. The summed E-state index contributed by atoms with van der Waals surface area (Å²) in [6.45, 7) is 1.88. The van der Waals surface area contributed by atoms with Crippen LogP contribution in [0.2, 0.25) is 0 Å². The summed E-state index contributed by atoms with van der Waals surface area (Å²) in [5.41, 5.74) is 0. The lowest BCUT2D eigenvalue weighted by Crippen LogP contribution is -2.37. The molecule has 0 bridgehead atoms. The van der Waals surface area contributed by atoms with Crippen molar-refractivity contribution in [2.75, 3.05) is 0 Å². The predicted octanol–water partition coefficient (Wildman–Crippen LogP) is 1.83. The van der Waals surface area contributed by atoms with E-state index in [2.05, 4.69) is 21.2 Å². The highest BCUT2D eigenvalue weighted by Gasteiger charge is 2.25. The molecule has 64 valence electrons. The molecule has 2 unspecified atom stereocenters. The largest absolute Gasteiger partial charge is 0.352 e. The Balaban J connectivity index is 2.30. The minimum atomic E-state index is 0.168. The van der Waals surface area contributed by atoms with Crippen LogP contribution in [0.1, 0.15) is 32.6 Å². The van der Waals surface area contributed by atoms with E-state index >= 15 is 0 Å². The van der Waals surface area contributed by atoms with Crippen LogP contribution in [0.15, 0.2) is 0 Å². The van der Waals surface area contributed by atoms with Crippen LogP contribution in [0.3, 0.4) is 0 Å². The van der Waals surface area contributed by atoms with Crippen molar-refractivity contribution in [3.63, 3.8) is 0 Å². The fourth-order valence-electron chi connectivity index (χ4n) is 1.39. The van der Waals surface area contributed by atoms with Gasteiger partial charge in [0.05, 0.1) is 0 Å². The van der Waals surface area contributed by atoms with Crippen molar-refractivity contribution in [2.45, 2.75) is 43.5 Å². The Bertz CT molecular complexity index is 149. The van der Waals surface area contributed by atoms with E-state index in [0.717, 1.165) is 6.42 Å². The van der Waals surface area contributed by atoms with Gasteiger partial charge in [-0.3, -0.25) is 4.79 Å². The van der Waals surface area contributed by atoms with Crippen molar-refractivity contribution in [1.82, 2.24) is 5.32 Å². The molecule has 1 amide bonds. The summed E-state index contributed by atoms with van der Waals surface area (Å²) < 4.78 is 0. The molecule has 0 spiro atoms. The zero-order valence-electron chi connectivity index (χ0n) is 6.77. The molecule has 0 radical (unpaired) electrons. The van der Waals surface area contributed by atoms with Gasteiger partial charge in [-0.2, -0.15) is 0 Å². The summed E-state index contributed by atoms with van der Waals surface area (Å²) in [5.74, 6) is 0.168. The van der Waals surface area contributed by atoms with E-state index in [9.17, 15) is 4.79 Å². The summed E-state index contributed by atoms with van der Waals surface area (Å²) in [6.07, 6.45) is 4.14. The lowest BCUT2D eigenvalue weighted by atomic mass is 10.2. The average molecular weight is 220 g/mol. The summed E-state index contributed by atoms with van der Waals surface area (Å²) in [6, 6.07) is 0.377. The molecule has 0 heterocycles. The van der Waals surface area contributed by atoms with Gasteiger partial charge in [-0.1, -0.05) is 29.3 Å². The molecule has 1 aliphatic rings. The van der Waals surface area contributed by atoms with E-state index in [0.29, 0.717) is 17.3 Å². The number of carbonyl (C=O) groups is 1. The van der Waals surface area contributed by atoms with Crippen LogP contribution in [0.25, 0.3) is 0 Å². The lowest BCUT2D eigenvalue weighted by Gasteiger charge is -2.14. The lowest BCUT2D eigenvalue weighted by molar-refractivity contribution is -0.121. The quantitative estimate of drug-likeness (QED) is 0.706. The summed E-state index contributed by atoms with van der Waals surface area (Å²) in [4.78, 5) is 11.5. The molecule has 3 heteroatoms. The van der Waals surface area contributed by atoms with Gasteiger partial charge in [0.2, 0.25) is 5.91 Å². The van der Waals surface area contributed by atoms with Crippen LogP contribution in [-0.4, -0.2) is 16.8 Å². The Hall–Kier alpha value is -0.0500. The second-order valence-electron chi connectivity index (χ2n) is 2.97. The highest BCUT2D eigenvalue weighted by Crippen LogP contribution is 2.25. The Morgan fingerprint density at radius 3 is 2.82 bits per heavy atom. The molecule has 0 saturated heterocycles. The van der Waals surface area contributed by atoms with Crippen molar-refractivity contribution >= 4 is 21.8 Å². The molecule has 0 aromatic carbocycles. The van der Waals surface area contributed by atoms with E-state index in [4.69, 9.17) is 0 Å². The van der Waals surface area contributed by atoms with E-state index in [1.165, 1.54) is 12.8 Å². The molecule has 0 aliphatic heterocycles. The molecule has 1 fully saturated rings. The number of hydrogen-bond donors (Lipinski definition) is 1. The third-order valence-corrected chi connectivity index (χ3v) is 3.20. The predicted molar refractivity (Wildman–Crippen MR) is 48.8 cm³/mol. The smallest absolute Gasteiger partial charge is 0.219 e. The number of halogens is 1. The first-order valence-corrected chi connectivity index (χ1v) is 5.09. The maximum Gasteiger partial charge on any atom is 0.219 e. The second-order valence-corrected chi connectivity index (χ2v) is 4.15. The molecule has 1 rings (SSSR count). The number of hydrogen-bond acceptors (Lipinski definition) is 1. The van der Waals surface area contributed by atoms with Crippen LogP contribution in [-0.2, 0) is 4.79 Å². The molecule has 1 saturated carbocycles. The normalized spacial score (nSPS) is 30.4. The first-order chi connectivity index (χ1) is 5.24. The SMILES string of the molecule is CCC(=O)NC1CCCC1Br. The average Bonchev–Trinajstić information content (AvgIpc) is 2.37. The second kappa shape index (κ2) is 4.10. The van der Waals surface area contributed by atoms with Gasteiger partial charge < -0.3 is 5.32 Å². The minimum absolute atomic E-state index is 0.168. The summed E-state index contributed by atoms with van der Waals surface area (Å²) in [7, 11) is 0. The van der Waals surface area contributed by atoms with Crippen LogP contribution >= 0.6 is 15.9 Å². The topological polar surface area (TPSA) is 29.1 Å². The van der Waals surface area contributed by atoms with Crippen molar-refractivity contribution in [2.24, 2.45) is 0 Å². The van der Waals surface area contributed by atoms with Crippen LogP contribution in [0, 0.1) is 0 Å². The fraction of sp³-hybridized carbons (Fsp3) is 0.875. The van der Waals surface area contributed by atoms with Crippen molar-refractivity contribution in [3.05, 3.63) is 0 Å². The number of nitrogens with one attached hydrogen (secondary N) is 1. The van der Waals surface area contributed by atoms with Gasteiger partial charge in [-0.15, -0.1) is 0 Å². The highest BCUT2D eigenvalue weighted by molar-refractivity contribution is 9.09. The van der Waals surface area contributed by atoms with E-state index in [1.807, 2.05) is 6.92 Å². The van der Waals surface area contributed by atoms with Crippen LogP contribution in [0.4, 0.5) is 0 Å². The minimum Gasteiger partial charge on any atom is -0.352 e. The van der Waals surface area contributed by atoms with Gasteiger partial charge in [-0.25, -0.2) is 0 Å². The molecule has 1 N–H and O–H groups in total. The van der Waals surface area contributed by atoms with Crippen molar-refractivity contribution < 1.29 is 4.79 Å². The van der Waals surface area contributed by atoms with Gasteiger partial charge in [0.1, 0.15) is 0 Å². The van der Waals surface area contributed by atoms with Gasteiger partial charge in [0.25, 0.3) is 0 Å². The van der Waals surface area contributed by atoms with Crippen molar-refractivity contribution in [3.8, 4) is 0 Å². The van der Waals surface area contributed by atoms with Crippen molar-refractivity contribution in [1.29, 1.82) is 0 Å². The first kappa shape index (κ1) is 9.04. The molecule has 0 aromatic rings. The number of carbonyl (C=O) groups excluding carboxylic acids is 1. The van der Waals surface area contributed by atoms with Gasteiger partial charge >= 0.3 is 0 Å². The Labute approximate surface area is 75.9 Å². The van der Waals surface area contributed by atoms with E-state index in [-0.39, 0.29) is 5.91 Å². The van der Waals surface area contributed by atoms with Gasteiger partial charge in [0, 0.05) is 17.3 Å². The monoisotopic (exact) mass is 219 g/mol. The summed E-state index contributed by atoms with van der Waals surface area (Å²) >= 11 is 3.55. The Kier molecular flexibility index (Phi) is 3.37. The Morgan fingerprint density at radius 2 is 2.36 bits per heavy atom. The standard InChI is InChI=1S/C8H14BrNO/c1-2-8(11)10-7-5-3-4-6(7)9/h6-7H,2-5H2,1H3,(H,10,11). The van der Waals surface area contributed by atoms with Gasteiger partial charge in [-0.05, 0) is 12.8 Å². The molecule has 11 heavy (non-hydrogen) atoms. The third kappa shape index (κ3) is 2.47. The number of rotatable bonds is 2. The molecule has 2 atom stereocenters. The zero-order chi connectivity index (χ0) is 8.27. The van der Waals surface area contributed by atoms with Gasteiger partial charge in [0.15, 0.2) is 0 Å². The Morgan fingerprint density at radius 1 is 1.64 bits per heavy atom. The van der Waals surface area contributed by atoms with E-state index < -0.39 is 0 Å². The molecular weight excluding hydrogens is 206 g/mol. The summed E-state index contributed by atoms with van der Waals surface area (Å²) in [5, 5.41) is 2.99. The molecule has 1 aliphatic carbocycles. The number of amides is 1. The zero-order valence-corrected chi connectivity index (χ0v) is 8.36. The first-order valence-electron chi connectivity index (χ1n) is 4.17. The maximum absolute atomic E-state index is 11.0. The molecule has 0 aromatic heterocycles. The molecule has 2 nitrogen and oxygen atoms in total. The van der Waals surface area contributed by atoms with E-state index in [1.54, 1.807) is 0 Å². The highest BCUT2D eigenvalue weighted by atomic mass is 79.9. The maximum atomic E-state index is 11.0. The van der Waals surface area contributed by atoms with Crippen LogP contribution < -0.4 is 5.32 Å². The third-order valence-electron chi connectivity index (χ3n) is 2.10. The fourth-order valence-corrected chi connectivity index (χ4v) is 2.11. The van der Waals surface area contributed by atoms with Crippen LogP contribution in [0.5, 0.6) is 0 Å².